The summed E-state index contributed by atoms with van der Waals surface area (Å²) in [4.78, 5) is 36.5. The Morgan fingerprint density at radius 1 is 0.857 bits per heavy atom. The van der Waals surface area contributed by atoms with Crippen molar-refractivity contribution in [2.24, 2.45) is 5.92 Å². The predicted molar refractivity (Wildman–Crippen MR) is 106 cm³/mol. The minimum Gasteiger partial charge on any atom is -0.354 e. The molecular formula is C22H25N3O3. The van der Waals surface area contributed by atoms with Crippen molar-refractivity contribution in [2.75, 3.05) is 13.1 Å². The number of rotatable bonds is 9. The van der Waals surface area contributed by atoms with Gasteiger partial charge in [-0.15, -0.1) is 0 Å². The molecule has 1 aliphatic rings. The second-order valence-corrected chi connectivity index (χ2v) is 6.92. The lowest BCUT2D eigenvalue weighted by Gasteiger charge is -2.19. The van der Waals surface area contributed by atoms with Gasteiger partial charge in [-0.3, -0.25) is 14.4 Å². The van der Waals surface area contributed by atoms with Crippen LogP contribution in [0.2, 0.25) is 0 Å². The molecule has 0 radical (unpaired) electrons. The van der Waals surface area contributed by atoms with Crippen LogP contribution in [0.3, 0.4) is 0 Å². The number of hydrogen-bond acceptors (Lipinski definition) is 3. The Bertz CT molecular complexity index is 804. The summed E-state index contributed by atoms with van der Waals surface area (Å²) in [7, 11) is 0. The topological polar surface area (TPSA) is 87.3 Å². The van der Waals surface area contributed by atoms with Gasteiger partial charge in [-0.1, -0.05) is 48.5 Å². The Morgan fingerprint density at radius 3 is 2.11 bits per heavy atom. The average molecular weight is 379 g/mol. The Hall–Kier alpha value is -3.15. The van der Waals surface area contributed by atoms with Crippen LogP contribution in [0.15, 0.2) is 60.7 Å². The second-order valence-electron chi connectivity index (χ2n) is 6.92. The quantitative estimate of drug-likeness (QED) is 0.584. The lowest BCUT2D eigenvalue weighted by Crippen LogP contribution is -2.37. The number of carbonyl (C=O) groups is 3. The van der Waals surface area contributed by atoms with E-state index in [4.69, 9.17) is 0 Å². The van der Waals surface area contributed by atoms with Crippen LogP contribution in [0, 0.1) is 5.92 Å². The summed E-state index contributed by atoms with van der Waals surface area (Å²) < 4.78 is 0. The van der Waals surface area contributed by atoms with Crippen molar-refractivity contribution in [3.8, 4) is 0 Å². The van der Waals surface area contributed by atoms with Crippen molar-refractivity contribution >= 4 is 17.7 Å². The number of carbonyl (C=O) groups excluding carboxylic acids is 3. The Kier molecular flexibility index (Phi) is 6.78. The van der Waals surface area contributed by atoms with E-state index in [1.54, 1.807) is 24.3 Å². The van der Waals surface area contributed by atoms with E-state index in [9.17, 15) is 14.4 Å². The van der Waals surface area contributed by atoms with E-state index < -0.39 is 6.04 Å². The Balaban J connectivity index is 1.53. The first-order valence-corrected chi connectivity index (χ1v) is 9.59. The van der Waals surface area contributed by atoms with E-state index >= 15 is 0 Å². The molecule has 1 atom stereocenters. The summed E-state index contributed by atoms with van der Waals surface area (Å²) in [5.74, 6) is -0.181. The molecule has 0 aliphatic heterocycles. The molecule has 1 aliphatic carbocycles. The van der Waals surface area contributed by atoms with E-state index in [2.05, 4.69) is 16.0 Å². The van der Waals surface area contributed by atoms with Crippen molar-refractivity contribution in [3.05, 3.63) is 71.8 Å². The number of amides is 3. The molecule has 0 aromatic heterocycles. The van der Waals surface area contributed by atoms with Crippen molar-refractivity contribution in [1.29, 1.82) is 0 Å². The van der Waals surface area contributed by atoms with Crippen LogP contribution in [0.25, 0.3) is 0 Å². The van der Waals surface area contributed by atoms with Gasteiger partial charge in [0.25, 0.3) is 5.91 Å². The molecule has 3 rings (SSSR count). The van der Waals surface area contributed by atoms with E-state index in [0.717, 1.165) is 18.4 Å². The van der Waals surface area contributed by atoms with E-state index in [1.165, 1.54) is 0 Å². The second kappa shape index (κ2) is 9.69. The molecule has 3 N–H and O–H groups in total. The molecule has 2 aromatic rings. The molecule has 0 bridgehead atoms. The zero-order valence-electron chi connectivity index (χ0n) is 15.7. The fourth-order valence-electron chi connectivity index (χ4n) is 2.90. The largest absolute Gasteiger partial charge is 0.354 e. The van der Waals surface area contributed by atoms with Crippen LogP contribution in [0.4, 0.5) is 0 Å². The van der Waals surface area contributed by atoms with Gasteiger partial charge in [-0.05, 0) is 30.5 Å². The van der Waals surface area contributed by atoms with Crippen LogP contribution in [0.5, 0.6) is 0 Å². The summed E-state index contributed by atoms with van der Waals surface area (Å²) in [5.41, 5.74) is 1.41. The summed E-state index contributed by atoms with van der Waals surface area (Å²) >= 11 is 0. The Morgan fingerprint density at radius 2 is 1.46 bits per heavy atom. The monoisotopic (exact) mass is 379 g/mol. The van der Waals surface area contributed by atoms with Crippen LogP contribution < -0.4 is 16.0 Å². The van der Waals surface area contributed by atoms with Gasteiger partial charge in [0.1, 0.15) is 0 Å². The SMILES string of the molecule is O=C(CC(NC(=O)c1ccccc1)c1ccccc1)NCCNC(=O)C1CC1. The number of nitrogens with one attached hydrogen (secondary N) is 3. The third kappa shape index (κ3) is 5.94. The molecule has 0 spiro atoms. The average Bonchev–Trinajstić information content (AvgIpc) is 3.57. The molecule has 1 saturated carbocycles. The van der Waals surface area contributed by atoms with Gasteiger partial charge in [0.2, 0.25) is 11.8 Å². The predicted octanol–water partition coefficient (Wildman–Crippen LogP) is 2.19. The highest BCUT2D eigenvalue weighted by molar-refractivity contribution is 5.94. The number of benzene rings is 2. The first kappa shape index (κ1) is 19.6. The molecule has 3 amide bonds. The van der Waals surface area contributed by atoms with Gasteiger partial charge < -0.3 is 16.0 Å². The van der Waals surface area contributed by atoms with Crippen molar-refractivity contribution in [3.63, 3.8) is 0 Å². The fourth-order valence-corrected chi connectivity index (χ4v) is 2.90. The standard InChI is InChI=1S/C22H25N3O3/c26-20(23-13-14-24-21(27)18-11-12-18)15-19(16-7-3-1-4-8-16)25-22(28)17-9-5-2-6-10-17/h1-10,18-19H,11-15H2,(H,23,26)(H,24,27)(H,25,28). The summed E-state index contributed by atoms with van der Waals surface area (Å²) in [6, 6.07) is 17.9. The van der Waals surface area contributed by atoms with Crippen molar-refractivity contribution in [2.45, 2.75) is 25.3 Å². The highest BCUT2D eigenvalue weighted by Gasteiger charge is 2.29. The molecule has 0 saturated heterocycles. The van der Waals surface area contributed by atoms with Gasteiger partial charge in [0, 0.05) is 24.6 Å². The first-order valence-electron chi connectivity index (χ1n) is 9.59. The van der Waals surface area contributed by atoms with Gasteiger partial charge in [-0.25, -0.2) is 0 Å². The van der Waals surface area contributed by atoms with E-state index in [0.29, 0.717) is 18.7 Å². The highest BCUT2D eigenvalue weighted by Crippen LogP contribution is 2.28. The minimum absolute atomic E-state index is 0.0616. The van der Waals surface area contributed by atoms with Gasteiger partial charge in [0.15, 0.2) is 0 Å². The zero-order chi connectivity index (χ0) is 19.8. The molecule has 28 heavy (non-hydrogen) atoms. The maximum Gasteiger partial charge on any atom is 0.251 e. The molecule has 6 heteroatoms. The minimum atomic E-state index is -0.435. The highest BCUT2D eigenvalue weighted by atomic mass is 16.2. The smallest absolute Gasteiger partial charge is 0.251 e. The van der Waals surface area contributed by atoms with E-state index in [-0.39, 0.29) is 30.1 Å². The third-order valence-corrected chi connectivity index (χ3v) is 4.63. The summed E-state index contributed by atoms with van der Waals surface area (Å²) in [5, 5.41) is 8.56. The molecule has 6 nitrogen and oxygen atoms in total. The van der Waals surface area contributed by atoms with Crippen LogP contribution in [-0.2, 0) is 9.59 Å². The Labute approximate surface area is 164 Å². The zero-order valence-corrected chi connectivity index (χ0v) is 15.7. The normalized spacial score (nSPS) is 14.0. The molecular weight excluding hydrogens is 354 g/mol. The third-order valence-electron chi connectivity index (χ3n) is 4.63. The molecule has 1 fully saturated rings. The molecule has 146 valence electrons. The van der Waals surface area contributed by atoms with Crippen molar-refractivity contribution in [1.82, 2.24) is 16.0 Å². The lowest BCUT2D eigenvalue weighted by atomic mass is 10.0. The summed E-state index contributed by atoms with van der Waals surface area (Å²) in [6.45, 7) is 0.777. The van der Waals surface area contributed by atoms with E-state index in [1.807, 2.05) is 36.4 Å². The van der Waals surface area contributed by atoms with Crippen LogP contribution >= 0.6 is 0 Å². The maximum atomic E-state index is 12.5. The van der Waals surface area contributed by atoms with Gasteiger partial charge in [-0.2, -0.15) is 0 Å². The summed E-state index contributed by atoms with van der Waals surface area (Å²) in [6.07, 6.45) is 2.04. The first-order chi connectivity index (χ1) is 13.6. The molecule has 2 aromatic carbocycles. The van der Waals surface area contributed by atoms with Crippen LogP contribution in [0.1, 0.15) is 41.2 Å². The number of hydrogen-bond donors (Lipinski definition) is 3. The fraction of sp³-hybridized carbons (Fsp3) is 0.318. The lowest BCUT2D eigenvalue weighted by molar-refractivity contribution is -0.123. The molecule has 1 unspecified atom stereocenters. The molecule has 0 heterocycles. The maximum absolute atomic E-state index is 12.5. The van der Waals surface area contributed by atoms with Crippen LogP contribution in [-0.4, -0.2) is 30.8 Å². The van der Waals surface area contributed by atoms with Crippen molar-refractivity contribution < 1.29 is 14.4 Å². The van der Waals surface area contributed by atoms with Gasteiger partial charge in [0.05, 0.1) is 12.5 Å². The van der Waals surface area contributed by atoms with Gasteiger partial charge >= 0.3 is 0 Å².